The molecular formula is C19H19F5N4O2S. The number of carbonyl (C=O) groups excluding carboxylic acids is 1. The molecule has 0 aliphatic carbocycles. The van der Waals surface area contributed by atoms with Gasteiger partial charge in [-0.05, 0) is 48.6 Å². The van der Waals surface area contributed by atoms with Crippen LogP contribution in [0.4, 0.5) is 33.3 Å². The summed E-state index contributed by atoms with van der Waals surface area (Å²) in [5, 5.41) is 8.42. The summed E-state index contributed by atoms with van der Waals surface area (Å²) in [5.74, 6) is -4.75. The Morgan fingerprint density at radius 1 is 1.35 bits per heavy atom. The number of nitrogens with one attached hydrogen (secondary N) is 1. The fraction of sp³-hybridized carbons (Fsp3) is 0.368. The molecule has 1 amide bonds. The second-order valence-corrected chi connectivity index (χ2v) is 7.56. The minimum Gasteiger partial charge on any atom is -0.491 e. The molecular weight excluding hydrogens is 443 g/mol. The molecule has 0 radical (unpaired) electrons. The van der Waals surface area contributed by atoms with Crippen molar-refractivity contribution < 1.29 is 31.5 Å². The summed E-state index contributed by atoms with van der Waals surface area (Å²) in [7, 11) is 1.11. The van der Waals surface area contributed by atoms with Gasteiger partial charge in [-0.25, -0.2) is 9.37 Å². The zero-order chi connectivity index (χ0) is 22.8. The van der Waals surface area contributed by atoms with Crippen LogP contribution in [0, 0.1) is 17.6 Å². The summed E-state index contributed by atoms with van der Waals surface area (Å²) in [6.45, 7) is 0.0283. The first-order chi connectivity index (χ1) is 14.6. The van der Waals surface area contributed by atoms with E-state index in [9.17, 15) is 26.7 Å². The van der Waals surface area contributed by atoms with Gasteiger partial charge in [0, 0.05) is 24.8 Å². The number of benzene rings is 1. The highest BCUT2D eigenvalue weighted by Gasteiger charge is 2.46. The molecule has 3 rings (SSSR count). The zero-order valence-corrected chi connectivity index (χ0v) is 17.1. The molecule has 3 N–H and O–H groups in total. The molecule has 12 heteroatoms. The zero-order valence-electron chi connectivity index (χ0n) is 16.2. The van der Waals surface area contributed by atoms with Gasteiger partial charge < -0.3 is 15.0 Å². The van der Waals surface area contributed by atoms with E-state index in [4.69, 9.17) is 9.88 Å². The number of ether oxygens (including phenoxy) is 1. The van der Waals surface area contributed by atoms with Gasteiger partial charge in [0.25, 0.3) is 0 Å². The molecule has 1 aromatic carbocycles. The molecule has 2 unspecified atom stereocenters. The maximum atomic E-state index is 14.2. The van der Waals surface area contributed by atoms with Gasteiger partial charge in [0.2, 0.25) is 11.7 Å². The summed E-state index contributed by atoms with van der Waals surface area (Å²) in [6, 6.07) is 3.67. The Bertz CT molecular complexity index is 959. The lowest BCUT2D eigenvalue weighted by Crippen LogP contribution is -2.44. The Balaban J connectivity index is 1.97. The summed E-state index contributed by atoms with van der Waals surface area (Å²) in [4.78, 5) is 18.3. The van der Waals surface area contributed by atoms with E-state index in [-0.39, 0.29) is 18.7 Å². The lowest BCUT2D eigenvalue weighted by atomic mass is 9.95. The number of hydrogen-bond donors (Lipinski definition) is 2. The van der Waals surface area contributed by atoms with Gasteiger partial charge in [0.15, 0.2) is 11.6 Å². The molecule has 1 aliphatic rings. The van der Waals surface area contributed by atoms with E-state index in [1.165, 1.54) is 29.3 Å². The van der Waals surface area contributed by atoms with Crippen molar-refractivity contribution in [3.63, 3.8) is 0 Å². The first-order valence-corrected chi connectivity index (χ1v) is 10.0. The van der Waals surface area contributed by atoms with Crippen molar-refractivity contribution in [1.82, 2.24) is 4.98 Å². The van der Waals surface area contributed by atoms with Crippen molar-refractivity contribution in [3.05, 3.63) is 42.1 Å². The number of amides is 1. The van der Waals surface area contributed by atoms with Crippen molar-refractivity contribution in [2.24, 2.45) is 11.1 Å². The number of hydrogen-bond acceptors (Lipinski definition) is 6. The number of pyridine rings is 1. The summed E-state index contributed by atoms with van der Waals surface area (Å²) in [6.07, 6.45) is -4.28. The van der Waals surface area contributed by atoms with Gasteiger partial charge in [0.1, 0.15) is 11.1 Å². The molecule has 1 aliphatic heterocycles. The number of rotatable bonds is 6. The smallest absolute Gasteiger partial charge is 0.389 e. The minimum absolute atomic E-state index is 0.000782. The van der Waals surface area contributed by atoms with Crippen LogP contribution in [0.1, 0.15) is 12.8 Å². The van der Waals surface area contributed by atoms with Crippen LogP contribution >= 0.6 is 11.9 Å². The van der Waals surface area contributed by atoms with Crippen LogP contribution < -0.4 is 20.1 Å². The van der Waals surface area contributed by atoms with Crippen LogP contribution in [0.5, 0.6) is 5.75 Å². The fourth-order valence-electron chi connectivity index (χ4n) is 3.70. The first-order valence-electron chi connectivity index (χ1n) is 9.13. The molecule has 0 bridgehead atoms. The van der Waals surface area contributed by atoms with E-state index in [1.807, 2.05) is 0 Å². The van der Waals surface area contributed by atoms with E-state index in [2.05, 4.69) is 10.3 Å². The second kappa shape index (κ2) is 9.27. The second-order valence-electron chi connectivity index (χ2n) is 6.91. The van der Waals surface area contributed by atoms with Gasteiger partial charge in [-0.15, -0.1) is 0 Å². The summed E-state index contributed by atoms with van der Waals surface area (Å²) < 4.78 is 72.2. The van der Waals surface area contributed by atoms with Crippen LogP contribution in [0.25, 0.3) is 0 Å². The van der Waals surface area contributed by atoms with Crippen LogP contribution in [-0.4, -0.2) is 36.8 Å². The lowest BCUT2D eigenvalue weighted by molar-refractivity contribution is -0.146. The van der Waals surface area contributed by atoms with Crippen LogP contribution in [0.15, 0.2) is 35.5 Å². The lowest BCUT2D eigenvalue weighted by Gasteiger charge is -2.30. The van der Waals surface area contributed by atoms with Gasteiger partial charge in [-0.1, -0.05) is 0 Å². The molecule has 1 aromatic heterocycles. The van der Waals surface area contributed by atoms with Crippen molar-refractivity contribution in [3.8, 4) is 5.75 Å². The maximum absolute atomic E-state index is 14.2. The van der Waals surface area contributed by atoms with Crippen LogP contribution in [-0.2, 0) is 4.79 Å². The minimum atomic E-state index is -4.50. The Morgan fingerprint density at radius 3 is 2.74 bits per heavy atom. The Kier molecular flexibility index (Phi) is 6.90. The van der Waals surface area contributed by atoms with E-state index in [1.54, 1.807) is 0 Å². The van der Waals surface area contributed by atoms with E-state index < -0.39 is 47.8 Å². The number of nitrogens with two attached hydrogens (primary N) is 1. The molecule has 2 atom stereocenters. The number of nitrogens with zero attached hydrogens (tertiary/aromatic N) is 2. The predicted octanol–water partition coefficient (Wildman–Crippen LogP) is 4.12. The topological polar surface area (TPSA) is 80.5 Å². The van der Waals surface area contributed by atoms with Crippen LogP contribution in [0.2, 0.25) is 0 Å². The molecule has 1 fully saturated rings. The monoisotopic (exact) mass is 462 g/mol. The third-order valence-electron chi connectivity index (χ3n) is 4.95. The number of aromatic nitrogens is 1. The Labute approximate surface area is 179 Å². The predicted molar refractivity (Wildman–Crippen MR) is 106 cm³/mol. The van der Waals surface area contributed by atoms with Gasteiger partial charge in [0.05, 0.1) is 12.8 Å². The van der Waals surface area contributed by atoms with Crippen LogP contribution in [0.3, 0.4) is 0 Å². The molecule has 6 nitrogen and oxygen atoms in total. The number of carbonyl (C=O) groups is 1. The molecule has 0 spiro atoms. The fourth-order valence-corrected chi connectivity index (χ4v) is 4.02. The molecule has 0 saturated carbocycles. The number of halogens is 5. The highest BCUT2D eigenvalue weighted by Crippen LogP contribution is 2.42. The number of anilines is 2. The van der Waals surface area contributed by atoms with Gasteiger partial charge in [-0.3, -0.25) is 9.93 Å². The third-order valence-corrected chi connectivity index (χ3v) is 5.42. The van der Waals surface area contributed by atoms with Crippen molar-refractivity contribution in [1.29, 1.82) is 0 Å². The Morgan fingerprint density at radius 2 is 2.10 bits per heavy atom. The molecule has 31 heavy (non-hydrogen) atoms. The standard InChI is InChI=1S/C19H19F5N4O2S/c1-30-17-13(3-2-12(20)15(17)21)28-7-5-10(9-19(22,23)24)16(28)18(29)27-11-4-6-26-14(8-11)31-25/h2-4,6,8,10,16H,5,7,9,25H2,1H3,(H,26,27,29). The molecule has 1 saturated heterocycles. The average molecular weight is 462 g/mol. The first kappa shape index (κ1) is 23.1. The van der Waals surface area contributed by atoms with Crippen molar-refractivity contribution in [2.75, 3.05) is 23.9 Å². The Hall–Kier alpha value is -2.60. The SMILES string of the molecule is COc1c(N2CCC(CC(F)(F)F)C2C(=O)Nc2ccnc(SN)c2)ccc(F)c1F. The average Bonchev–Trinajstić information content (AvgIpc) is 3.11. The third kappa shape index (κ3) is 5.18. The largest absolute Gasteiger partial charge is 0.491 e. The molecule has 2 aromatic rings. The van der Waals surface area contributed by atoms with Crippen molar-refractivity contribution in [2.45, 2.75) is 30.1 Å². The quantitative estimate of drug-likeness (QED) is 0.497. The maximum Gasteiger partial charge on any atom is 0.389 e. The van der Waals surface area contributed by atoms with E-state index >= 15 is 0 Å². The highest BCUT2D eigenvalue weighted by atomic mass is 32.2. The summed E-state index contributed by atoms with van der Waals surface area (Å²) in [5.41, 5.74) is 0.293. The highest BCUT2D eigenvalue weighted by molar-refractivity contribution is 7.97. The normalized spacial score (nSPS) is 18.9. The number of alkyl halides is 3. The molecule has 168 valence electrons. The molecule has 2 heterocycles. The number of methoxy groups -OCH3 is 1. The van der Waals surface area contributed by atoms with E-state index in [0.29, 0.717) is 10.7 Å². The van der Waals surface area contributed by atoms with Gasteiger partial charge >= 0.3 is 6.18 Å². The summed E-state index contributed by atoms with van der Waals surface area (Å²) >= 11 is 0.841. The van der Waals surface area contributed by atoms with E-state index in [0.717, 1.165) is 25.1 Å². The van der Waals surface area contributed by atoms with Crippen molar-refractivity contribution >= 4 is 29.2 Å². The van der Waals surface area contributed by atoms with Gasteiger partial charge in [-0.2, -0.15) is 17.6 Å².